The van der Waals surface area contributed by atoms with Crippen LogP contribution in [0.25, 0.3) is 5.69 Å². The van der Waals surface area contributed by atoms with Gasteiger partial charge in [-0.05, 0) is 44.0 Å². The lowest BCUT2D eigenvalue weighted by Crippen LogP contribution is -2.52. The summed E-state index contributed by atoms with van der Waals surface area (Å²) in [5, 5.41) is 14.2. The van der Waals surface area contributed by atoms with Gasteiger partial charge in [0.2, 0.25) is 11.8 Å². The minimum Gasteiger partial charge on any atom is -0.359 e. The maximum absolute atomic E-state index is 12.9. The number of fused-ring (bicyclic) bond motifs is 1. The molecule has 0 aliphatic carbocycles. The third-order valence-electron chi connectivity index (χ3n) is 6.12. The summed E-state index contributed by atoms with van der Waals surface area (Å²) in [6, 6.07) is 4.46. The number of nitrogens with one attached hydrogen (secondary N) is 1. The van der Waals surface area contributed by atoms with Crippen molar-refractivity contribution >= 4 is 29.3 Å². The molecular weight excluding hydrogens is 442 g/mol. The number of imide groups is 1. The van der Waals surface area contributed by atoms with Crippen LogP contribution in [-0.4, -0.2) is 61.8 Å². The SMILES string of the molecule is Cc1noc(C)c1N(C)C(=O)c1cn(-c2ccc3c(c2)CN(C2CCC(=O)NC2=O)C3=O)nn1. The van der Waals surface area contributed by atoms with Gasteiger partial charge in [-0.25, -0.2) is 4.68 Å². The van der Waals surface area contributed by atoms with E-state index in [-0.39, 0.29) is 36.4 Å². The van der Waals surface area contributed by atoms with Crippen LogP contribution >= 0.6 is 0 Å². The molecule has 1 N–H and O–H groups in total. The van der Waals surface area contributed by atoms with Crippen molar-refractivity contribution in [2.24, 2.45) is 0 Å². The molecule has 2 aromatic heterocycles. The van der Waals surface area contributed by atoms with Gasteiger partial charge in [0.1, 0.15) is 17.4 Å². The fourth-order valence-electron chi connectivity index (χ4n) is 4.42. The molecule has 0 radical (unpaired) electrons. The second-order valence-corrected chi connectivity index (χ2v) is 8.33. The summed E-state index contributed by atoms with van der Waals surface area (Å²) in [5.74, 6) is -0.902. The summed E-state index contributed by atoms with van der Waals surface area (Å²) in [4.78, 5) is 52.4. The molecule has 0 bridgehead atoms. The first-order valence-electron chi connectivity index (χ1n) is 10.7. The van der Waals surface area contributed by atoms with Crippen molar-refractivity contribution in [2.75, 3.05) is 11.9 Å². The molecular formula is C22H21N7O5. The molecule has 0 saturated carbocycles. The number of benzene rings is 1. The summed E-state index contributed by atoms with van der Waals surface area (Å²) < 4.78 is 6.59. The van der Waals surface area contributed by atoms with E-state index >= 15 is 0 Å². The standard InChI is InChI=1S/C22H21N7O5/c1-11-19(12(2)34-25-11)27(3)22(33)16-10-29(26-24-16)14-4-5-15-13(8-14)9-28(21(15)32)17-6-7-18(30)23-20(17)31/h4-5,8,10,17H,6-7,9H2,1-3H3,(H,23,30,31). The highest BCUT2D eigenvalue weighted by molar-refractivity contribution is 6.06. The number of amides is 4. The zero-order valence-corrected chi connectivity index (χ0v) is 18.7. The van der Waals surface area contributed by atoms with Gasteiger partial charge in [-0.1, -0.05) is 10.4 Å². The van der Waals surface area contributed by atoms with E-state index in [4.69, 9.17) is 4.52 Å². The zero-order valence-electron chi connectivity index (χ0n) is 18.7. The maximum atomic E-state index is 12.9. The molecule has 4 heterocycles. The first-order chi connectivity index (χ1) is 16.2. The first-order valence-corrected chi connectivity index (χ1v) is 10.7. The number of anilines is 1. The molecule has 2 aliphatic rings. The van der Waals surface area contributed by atoms with Crippen molar-refractivity contribution in [1.29, 1.82) is 0 Å². The second-order valence-electron chi connectivity index (χ2n) is 8.33. The average molecular weight is 463 g/mol. The van der Waals surface area contributed by atoms with Gasteiger partial charge in [-0.3, -0.25) is 24.5 Å². The highest BCUT2D eigenvalue weighted by atomic mass is 16.5. The summed E-state index contributed by atoms with van der Waals surface area (Å²) in [6.07, 6.45) is 2.00. The van der Waals surface area contributed by atoms with E-state index in [9.17, 15) is 19.2 Å². The van der Waals surface area contributed by atoms with E-state index in [1.54, 1.807) is 39.1 Å². The second kappa shape index (κ2) is 7.90. The molecule has 1 fully saturated rings. The largest absolute Gasteiger partial charge is 0.359 e. The van der Waals surface area contributed by atoms with Gasteiger partial charge in [0.05, 0.1) is 11.9 Å². The lowest BCUT2D eigenvalue weighted by atomic mass is 10.0. The lowest BCUT2D eigenvalue weighted by molar-refractivity contribution is -0.136. The minimum atomic E-state index is -0.684. The summed E-state index contributed by atoms with van der Waals surface area (Å²) in [5.41, 5.74) is 3.12. The Morgan fingerprint density at radius 1 is 1.24 bits per heavy atom. The maximum Gasteiger partial charge on any atom is 0.280 e. The van der Waals surface area contributed by atoms with E-state index in [1.807, 2.05) is 0 Å². The van der Waals surface area contributed by atoms with E-state index in [0.717, 1.165) is 5.56 Å². The zero-order chi connectivity index (χ0) is 24.1. The Kier molecular flexibility index (Phi) is 5.00. The van der Waals surface area contributed by atoms with Gasteiger partial charge in [0.25, 0.3) is 11.8 Å². The molecule has 12 heteroatoms. The smallest absolute Gasteiger partial charge is 0.280 e. The molecule has 5 rings (SSSR count). The van der Waals surface area contributed by atoms with Crippen LogP contribution in [0.1, 0.15) is 50.7 Å². The molecule has 1 unspecified atom stereocenters. The molecule has 12 nitrogen and oxygen atoms in total. The Hall–Kier alpha value is -4.35. The Labute approximate surface area is 193 Å². The summed E-state index contributed by atoms with van der Waals surface area (Å²) in [6.45, 7) is 3.71. The quantitative estimate of drug-likeness (QED) is 0.563. The van der Waals surface area contributed by atoms with Gasteiger partial charge in [0.15, 0.2) is 11.5 Å². The fourth-order valence-corrected chi connectivity index (χ4v) is 4.42. The number of aromatic nitrogens is 4. The molecule has 1 aromatic carbocycles. The fraction of sp³-hybridized carbons (Fsp3) is 0.318. The van der Waals surface area contributed by atoms with Crippen LogP contribution < -0.4 is 10.2 Å². The average Bonchev–Trinajstić information content (AvgIpc) is 3.51. The Bertz CT molecular complexity index is 1340. The number of carbonyl (C=O) groups excluding carboxylic acids is 4. The van der Waals surface area contributed by atoms with E-state index in [0.29, 0.717) is 34.8 Å². The Morgan fingerprint density at radius 3 is 2.74 bits per heavy atom. The van der Waals surface area contributed by atoms with Crippen LogP contribution in [0.2, 0.25) is 0 Å². The van der Waals surface area contributed by atoms with Crippen molar-refractivity contribution < 1.29 is 23.7 Å². The molecule has 3 aromatic rings. The predicted octanol–water partition coefficient (Wildman–Crippen LogP) is 0.910. The molecule has 2 aliphatic heterocycles. The van der Waals surface area contributed by atoms with Crippen LogP contribution in [0.15, 0.2) is 28.9 Å². The van der Waals surface area contributed by atoms with Gasteiger partial charge in [-0.15, -0.1) is 5.10 Å². The Morgan fingerprint density at radius 2 is 2.03 bits per heavy atom. The minimum absolute atomic E-state index is 0.129. The topological polar surface area (TPSA) is 144 Å². The van der Waals surface area contributed by atoms with Crippen molar-refractivity contribution in [2.45, 2.75) is 39.3 Å². The van der Waals surface area contributed by atoms with Crippen LogP contribution in [0.5, 0.6) is 0 Å². The Balaban J connectivity index is 1.37. The number of rotatable bonds is 4. The van der Waals surface area contributed by atoms with Gasteiger partial charge in [0, 0.05) is 25.6 Å². The van der Waals surface area contributed by atoms with E-state index < -0.39 is 11.9 Å². The molecule has 34 heavy (non-hydrogen) atoms. The van der Waals surface area contributed by atoms with Crippen LogP contribution in [0.3, 0.4) is 0 Å². The van der Waals surface area contributed by atoms with Crippen LogP contribution in [0, 0.1) is 13.8 Å². The summed E-state index contributed by atoms with van der Waals surface area (Å²) in [7, 11) is 1.61. The first kappa shape index (κ1) is 21.5. The molecule has 1 saturated heterocycles. The molecule has 0 spiro atoms. The predicted molar refractivity (Wildman–Crippen MR) is 116 cm³/mol. The third-order valence-corrected chi connectivity index (χ3v) is 6.12. The number of hydrogen-bond donors (Lipinski definition) is 1. The van der Waals surface area contributed by atoms with E-state index in [2.05, 4.69) is 20.8 Å². The highest BCUT2D eigenvalue weighted by Gasteiger charge is 2.39. The number of carbonyl (C=O) groups is 4. The lowest BCUT2D eigenvalue weighted by Gasteiger charge is -2.29. The monoisotopic (exact) mass is 463 g/mol. The van der Waals surface area contributed by atoms with E-state index in [1.165, 1.54) is 20.7 Å². The third kappa shape index (κ3) is 3.43. The van der Waals surface area contributed by atoms with Crippen molar-refractivity contribution in [1.82, 2.24) is 30.4 Å². The number of nitrogens with zero attached hydrogens (tertiary/aromatic N) is 6. The molecule has 1 atom stereocenters. The highest BCUT2D eigenvalue weighted by Crippen LogP contribution is 2.29. The summed E-state index contributed by atoms with van der Waals surface area (Å²) >= 11 is 0. The van der Waals surface area contributed by atoms with Gasteiger partial charge >= 0.3 is 0 Å². The van der Waals surface area contributed by atoms with Crippen molar-refractivity contribution in [3.8, 4) is 5.69 Å². The number of piperidine rings is 1. The van der Waals surface area contributed by atoms with Crippen LogP contribution in [0.4, 0.5) is 5.69 Å². The van der Waals surface area contributed by atoms with Crippen LogP contribution in [-0.2, 0) is 16.1 Å². The number of hydrogen-bond acceptors (Lipinski definition) is 8. The van der Waals surface area contributed by atoms with Gasteiger partial charge in [-0.2, -0.15) is 0 Å². The van der Waals surface area contributed by atoms with Crippen molar-refractivity contribution in [3.05, 3.63) is 52.7 Å². The van der Waals surface area contributed by atoms with Crippen molar-refractivity contribution in [3.63, 3.8) is 0 Å². The molecule has 174 valence electrons. The normalized spacial score (nSPS) is 17.7. The molecule has 4 amide bonds. The number of aryl methyl sites for hydroxylation is 2. The van der Waals surface area contributed by atoms with Gasteiger partial charge < -0.3 is 14.3 Å².